The van der Waals surface area contributed by atoms with Crippen LogP contribution in [-0.2, 0) is 19.7 Å². The lowest BCUT2D eigenvalue weighted by Gasteiger charge is -2.13. The molecule has 0 N–H and O–H groups in total. The Bertz CT molecular complexity index is 673. The van der Waals surface area contributed by atoms with Crippen LogP contribution in [-0.4, -0.2) is 11.9 Å². The van der Waals surface area contributed by atoms with E-state index in [0.717, 1.165) is 9.86 Å². The molecule has 1 aliphatic rings. The van der Waals surface area contributed by atoms with E-state index < -0.39 is 17.4 Å². The third-order valence-corrected chi connectivity index (χ3v) is 3.67. The van der Waals surface area contributed by atoms with Crippen LogP contribution in [0.1, 0.15) is 19.1 Å². The van der Waals surface area contributed by atoms with Gasteiger partial charge in [-0.3, -0.25) is 9.59 Å². The number of halogens is 1. The summed E-state index contributed by atoms with van der Waals surface area (Å²) in [6, 6.07) is 7.35. The van der Waals surface area contributed by atoms with E-state index in [1.807, 2.05) is 18.2 Å². The van der Waals surface area contributed by atoms with Crippen LogP contribution < -0.4 is 0 Å². The molecule has 18 heavy (non-hydrogen) atoms. The molecule has 1 atom stereocenters. The van der Waals surface area contributed by atoms with Crippen LogP contribution in [0.5, 0.6) is 0 Å². The number of hydrogen-bond acceptors (Lipinski definition) is 4. The SMILES string of the molecule is CC1(c2cc3cc(Br)ccc3o2)CC(=O)OC1=O. The van der Waals surface area contributed by atoms with Crippen molar-refractivity contribution in [1.82, 2.24) is 0 Å². The number of rotatable bonds is 1. The zero-order valence-electron chi connectivity index (χ0n) is 9.53. The van der Waals surface area contributed by atoms with Crippen molar-refractivity contribution >= 4 is 38.8 Å². The highest BCUT2D eigenvalue weighted by Crippen LogP contribution is 2.38. The molecule has 0 saturated carbocycles. The number of furan rings is 1. The number of carbonyl (C=O) groups excluding carboxylic acids is 2. The highest BCUT2D eigenvalue weighted by Gasteiger charge is 2.49. The topological polar surface area (TPSA) is 56.5 Å². The Hall–Kier alpha value is -1.62. The maximum Gasteiger partial charge on any atom is 0.327 e. The van der Waals surface area contributed by atoms with E-state index in [9.17, 15) is 9.59 Å². The lowest BCUT2D eigenvalue weighted by molar-refractivity contribution is -0.153. The Balaban J connectivity index is 2.14. The van der Waals surface area contributed by atoms with Crippen molar-refractivity contribution in [3.05, 3.63) is 34.5 Å². The van der Waals surface area contributed by atoms with Gasteiger partial charge in [-0.25, -0.2) is 0 Å². The minimum atomic E-state index is -1.01. The number of hydrogen-bond donors (Lipinski definition) is 0. The molecule has 1 unspecified atom stereocenters. The van der Waals surface area contributed by atoms with Gasteiger partial charge in [-0.1, -0.05) is 15.9 Å². The third-order valence-electron chi connectivity index (χ3n) is 3.18. The molecule has 92 valence electrons. The summed E-state index contributed by atoms with van der Waals surface area (Å²) in [5, 5.41) is 0.882. The van der Waals surface area contributed by atoms with Crippen LogP contribution in [0, 0.1) is 0 Å². The van der Waals surface area contributed by atoms with Crippen molar-refractivity contribution in [2.75, 3.05) is 0 Å². The number of fused-ring (bicyclic) bond motifs is 1. The number of carbonyl (C=O) groups is 2. The second kappa shape index (κ2) is 3.68. The second-order valence-corrected chi connectivity index (χ2v) is 5.48. The molecule has 1 aromatic carbocycles. The Kier molecular flexibility index (Phi) is 2.35. The monoisotopic (exact) mass is 308 g/mol. The van der Waals surface area contributed by atoms with Gasteiger partial charge >= 0.3 is 11.9 Å². The molecule has 1 saturated heterocycles. The molecule has 1 fully saturated rings. The number of benzene rings is 1. The lowest BCUT2D eigenvalue weighted by atomic mass is 9.86. The van der Waals surface area contributed by atoms with Gasteiger partial charge in [0.25, 0.3) is 0 Å². The van der Waals surface area contributed by atoms with Crippen molar-refractivity contribution in [3.63, 3.8) is 0 Å². The standard InChI is InChI=1S/C13H9BrO4/c1-13(6-11(15)18-12(13)16)10-5-7-4-8(14)2-3-9(7)17-10/h2-5H,6H2,1H3. The van der Waals surface area contributed by atoms with Gasteiger partial charge in [0.2, 0.25) is 0 Å². The van der Waals surface area contributed by atoms with Crippen LogP contribution >= 0.6 is 15.9 Å². The summed E-state index contributed by atoms with van der Waals surface area (Å²) >= 11 is 3.37. The first kappa shape index (κ1) is 11.5. The molecular weight excluding hydrogens is 300 g/mol. The summed E-state index contributed by atoms with van der Waals surface area (Å²) in [6.45, 7) is 1.66. The zero-order valence-corrected chi connectivity index (χ0v) is 11.1. The Morgan fingerprint density at radius 1 is 1.28 bits per heavy atom. The maximum atomic E-state index is 11.7. The summed E-state index contributed by atoms with van der Waals surface area (Å²) in [5.74, 6) is -0.596. The first-order chi connectivity index (χ1) is 8.49. The first-order valence-electron chi connectivity index (χ1n) is 5.44. The molecule has 2 heterocycles. The molecule has 0 bridgehead atoms. The van der Waals surface area contributed by atoms with Gasteiger partial charge in [0.05, 0.1) is 6.42 Å². The van der Waals surface area contributed by atoms with Crippen LogP contribution in [0.25, 0.3) is 11.0 Å². The summed E-state index contributed by atoms with van der Waals surface area (Å²) in [4.78, 5) is 23.0. The highest BCUT2D eigenvalue weighted by atomic mass is 79.9. The number of cyclic esters (lactones) is 2. The van der Waals surface area contributed by atoms with Crippen molar-refractivity contribution in [2.24, 2.45) is 0 Å². The fraction of sp³-hybridized carbons (Fsp3) is 0.231. The van der Waals surface area contributed by atoms with Crippen molar-refractivity contribution < 1.29 is 18.7 Å². The van der Waals surface area contributed by atoms with Gasteiger partial charge in [0, 0.05) is 9.86 Å². The Labute approximate surface area is 111 Å². The van der Waals surface area contributed by atoms with Gasteiger partial charge in [0.15, 0.2) is 0 Å². The van der Waals surface area contributed by atoms with E-state index in [1.54, 1.807) is 13.0 Å². The van der Waals surface area contributed by atoms with Crippen LogP contribution in [0.15, 0.2) is 33.2 Å². The van der Waals surface area contributed by atoms with E-state index in [-0.39, 0.29) is 6.42 Å². The predicted molar refractivity (Wildman–Crippen MR) is 67.0 cm³/mol. The molecule has 0 amide bonds. The maximum absolute atomic E-state index is 11.7. The molecular formula is C13H9BrO4. The zero-order chi connectivity index (χ0) is 12.9. The summed E-state index contributed by atoms with van der Waals surface area (Å²) < 4.78 is 11.2. The second-order valence-electron chi connectivity index (χ2n) is 4.56. The van der Waals surface area contributed by atoms with E-state index >= 15 is 0 Å². The average molecular weight is 309 g/mol. The quantitative estimate of drug-likeness (QED) is 0.600. The van der Waals surface area contributed by atoms with Gasteiger partial charge in [0.1, 0.15) is 16.8 Å². The molecule has 0 radical (unpaired) electrons. The van der Waals surface area contributed by atoms with Crippen LogP contribution in [0.2, 0.25) is 0 Å². The van der Waals surface area contributed by atoms with Crippen molar-refractivity contribution in [2.45, 2.75) is 18.8 Å². The fourth-order valence-corrected chi connectivity index (χ4v) is 2.47. The third kappa shape index (κ3) is 1.58. The first-order valence-corrected chi connectivity index (χ1v) is 6.23. The molecule has 5 heteroatoms. The van der Waals surface area contributed by atoms with Crippen LogP contribution in [0.3, 0.4) is 0 Å². The van der Waals surface area contributed by atoms with Gasteiger partial charge in [-0.15, -0.1) is 0 Å². The smallest absolute Gasteiger partial charge is 0.327 e. The van der Waals surface area contributed by atoms with E-state index in [4.69, 9.17) is 4.42 Å². The number of esters is 2. The molecule has 0 aliphatic carbocycles. The van der Waals surface area contributed by atoms with E-state index in [2.05, 4.69) is 20.7 Å². The molecule has 0 spiro atoms. The van der Waals surface area contributed by atoms with E-state index in [1.165, 1.54) is 0 Å². The fourth-order valence-electron chi connectivity index (χ4n) is 2.09. The minimum absolute atomic E-state index is 0.0207. The van der Waals surface area contributed by atoms with Crippen LogP contribution in [0.4, 0.5) is 0 Å². The van der Waals surface area contributed by atoms with Crippen molar-refractivity contribution in [3.8, 4) is 0 Å². The lowest BCUT2D eigenvalue weighted by Crippen LogP contribution is -2.26. The highest BCUT2D eigenvalue weighted by molar-refractivity contribution is 9.10. The van der Waals surface area contributed by atoms with Crippen molar-refractivity contribution in [1.29, 1.82) is 0 Å². The van der Waals surface area contributed by atoms with E-state index in [0.29, 0.717) is 11.3 Å². The summed E-state index contributed by atoms with van der Waals surface area (Å²) in [7, 11) is 0. The number of ether oxygens (including phenoxy) is 1. The predicted octanol–water partition coefficient (Wildman–Crippen LogP) is 2.93. The van der Waals surface area contributed by atoms with Gasteiger partial charge in [-0.2, -0.15) is 0 Å². The summed E-state index contributed by atoms with van der Waals surface area (Å²) in [6.07, 6.45) is 0.0207. The van der Waals surface area contributed by atoms with Gasteiger partial charge < -0.3 is 9.15 Å². The molecule has 2 aromatic rings. The largest absolute Gasteiger partial charge is 0.460 e. The molecule has 1 aromatic heterocycles. The Morgan fingerprint density at radius 3 is 2.72 bits per heavy atom. The normalized spacial score (nSPS) is 23.7. The molecule has 1 aliphatic heterocycles. The molecule has 3 rings (SSSR count). The summed E-state index contributed by atoms with van der Waals surface area (Å²) in [5.41, 5.74) is -0.329. The minimum Gasteiger partial charge on any atom is -0.460 e. The Morgan fingerprint density at radius 2 is 2.06 bits per heavy atom. The van der Waals surface area contributed by atoms with Gasteiger partial charge in [-0.05, 0) is 31.2 Å². The molecule has 4 nitrogen and oxygen atoms in total. The average Bonchev–Trinajstić information content (AvgIpc) is 2.81.